The number of imidazole rings is 1. The van der Waals surface area contributed by atoms with E-state index in [1.807, 2.05) is 31.2 Å². The molecule has 1 aliphatic rings. The van der Waals surface area contributed by atoms with Gasteiger partial charge in [-0.2, -0.15) is 0 Å². The Morgan fingerprint density at radius 3 is 2.54 bits per heavy atom. The minimum absolute atomic E-state index is 0.196. The van der Waals surface area contributed by atoms with Crippen LogP contribution in [0.25, 0.3) is 22.2 Å². The number of fused-ring (bicyclic) bond motifs is 1. The van der Waals surface area contributed by atoms with Gasteiger partial charge >= 0.3 is 0 Å². The van der Waals surface area contributed by atoms with Gasteiger partial charge in [0.15, 0.2) is 5.82 Å². The Morgan fingerprint density at radius 1 is 1.03 bits per heavy atom. The maximum Gasteiger partial charge on any atom is 0.151 e. The van der Waals surface area contributed by atoms with Crippen molar-refractivity contribution < 1.29 is 4.39 Å². The maximum absolute atomic E-state index is 15.0. The standard InChI is InChI=1S/C27H34FN7/c1-5-33-10-12-34(13-11-33)17-22-6-7-25(31-22)32-26-16-20(8-9-29-26)21-14-23(28)27-24(15-21)35(18(2)3)19(4)30-27/h6-9,14-16,18,31H,5,10-13,17H2,1-4H3,(H,29,32). The first-order valence-corrected chi connectivity index (χ1v) is 12.5. The Bertz CT molecular complexity index is 1310. The summed E-state index contributed by atoms with van der Waals surface area (Å²) in [5.41, 5.74) is 4.12. The van der Waals surface area contributed by atoms with E-state index in [-0.39, 0.29) is 11.9 Å². The van der Waals surface area contributed by atoms with Crippen molar-refractivity contribution in [3.63, 3.8) is 0 Å². The summed E-state index contributed by atoms with van der Waals surface area (Å²) in [5.74, 6) is 2.12. The number of aromatic amines is 1. The Kier molecular flexibility index (Phi) is 6.58. The number of H-pyrrole nitrogens is 1. The average Bonchev–Trinajstić information content (AvgIpc) is 3.43. The first kappa shape index (κ1) is 23.5. The number of anilines is 2. The maximum atomic E-state index is 15.0. The quantitative estimate of drug-likeness (QED) is 0.378. The lowest BCUT2D eigenvalue weighted by atomic mass is 10.1. The van der Waals surface area contributed by atoms with E-state index in [4.69, 9.17) is 0 Å². The number of aryl methyl sites for hydroxylation is 1. The largest absolute Gasteiger partial charge is 0.344 e. The van der Waals surface area contributed by atoms with Crippen LogP contribution in [0.15, 0.2) is 42.6 Å². The second-order valence-corrected chi connectivity index (χ2v) is 9.61. The summed E-state index contributed by atoms with van der Waals surface area (Å²) < 4.78 is 17.0. The smallest absolute Gasteiger partial charge is 0.151 e. The van der Waals surface area contributed by atoms with Crippen LogP contribution in [-0.4, -0.2) is 62.0 Å². The molecule has 0 spiro atoms. The summed E-state index contributed by atoms with van der Waals surface area (Å²) in [4.78, 5) is 17.4. The molecule has 0 saturated carbocycles. The lowest BCUT2D eigenvalue weighted by Gasteiger charge is -2.33. The summed E-state index contributed by atoms with van der Waals surface area (Å²) >= 11 is 0. The minimum Gasteiger partial charge on any atom is -0.344 e. The van der Waals surface area contributed by atoms with E-state index in [2.05, 4.69) is 61.5 Å². The molecule has 0 radical (unpaired) electrons. The highest BCUT2D eigenvalue weighted by Crippen LogP contribution is 2.30. The molecule has 0 aliphatic carbocycles. The van der Waals surface area contributed by atoms with Gasteiger partial charge in [0.05, 0.1) is 5.52 Å². The normalized spacial score (nSPS) is 15.4. The van der Waals surface area contributed by atoms with Gasteiger partial charge in [-0.1, -0.05) is 6.92 Å². The second kappa shape index (κ2) is 9.79. The van der Waals surface area contributed by atoms with E-state index >= 15 is 0 Å². The SMILES string of the molecule is CCN1CCN(Cc2ccc(Nc3cc(-c4cc(F)c5nc(C)n(C(C)C)c5c4)ccn3)[nH]2)CC1. The predicted molar refractivity (Wildman–Crippen MR) is 140 cm³/mol. The van der Waals surface area contributed by atoms with Crippen LogP contribution in [-0.2, 0) is 6.54 Å². The third kappa shape index (κ3) is 4.94. The summed E-state index contributed by atoms with van der Waals surface area (Å²) in [6, 6.07) is 11.8. The molecular weight excluding hydrogens is 441 g/mol. The van der Waals surface area contributed by atoms with Gasteiger partial charge in [-0.25, -0.2) is 14.4 Å². The Balaban J connectivity index is 1.33. The molecule has 4 aromatic rings. The molecule has 1 saturated heterocycles. The molecule has 1 aromatic carbocycles. The third-order valence-corrected chi connectivity index (χ3v) is 6.85. The number of nitrogens with one attached hydrogen (secondary N) is 2. The molecule has 3 aromatic heterocycles. The highest BCUT2D eigenvalue weighted by Gasteiger charge is 2.17. The van der Waals surface area contributed by atoms with E-state index < -0.39 is 0 Å². The van der Waals surface area contributed by atoms with Crippen LogP contribution >= 0.6 is 0 Å². The molecule has 2 N–H and O–H groups in total. The molecule has 8 heteroatoms. The Labute approximate surface area is 206 Å². The van der Waals surface area contributed by atoms with Crippen LogP contribution in [0.5, 0.6) is 0 Å². The van der Waals surface area contributed by atoms with Crippen LogP contribution < -0.4 is 5.32 Å². The van der Waals surface area contributed by atoms with E-state index in [1.165, 1.54) is 5.69 Å². The van der Waals surface area contributed by atoms with Gasteiger partial charge in [0.1, 0.15) is 23.0 Å². The molecular formula is C27H34FN7. The Morgan fingerprint density at radius 2 is 1.80 bits per heavy atom. The topological polar surface area (TPSA) is 65.0 Å². The third-order valence-electron chi connectivity index (χ3n) is 6.85. The Hall–Kier alpha value is -3.23. The summed E-state index contributed by atoms with van der Waals surface area (Å²) in [7, 11) is 0. The number of nitrogens with zero attached hydrogens (tertiary/aromatic N) is 5. The summed E-state index contributed by atoms with van der Waals surface area (Å²) in [6.45, 7) is 14.8. The van der Waals surface area contributed by atoms with Crippen molar-refractivity contribution in [2.45, 2.75) is 40.3 Å². The average molecular weight is 476 g/mol. The van der Waals surface area contributed by atoms with Crippen LogP contribution in [0.2, 0.25) is 0 Å². The number of piperazine rings is 1. The lowest BCUT2D eigenvalue weighted by Crippen LogP contribution is -2.45. The van der Waals surface area contributed by atoms with Crippen molar-refractivity contribution in [1.29, 1.82) is 0 Å². The van der Waals surface area contributed by atoms with Crippen LogP contribution in [0, 0.1) is 12.7 Å². The van der Waals surface area contributed by atoms with Crippen molar-refractivity contribution in [3.05, 3.63) is 59.9 Å². The monoisotopic (exact) mass is 475 g/mol. The fourth-order valence-electron chi connectivity index (χ4n) is 5.01. The number of hydrogen-bond donors (Lipinski definition) is 2. The molecule has 0 amide bonds. The second-order valence-electron chi connectivity index (χ2n) is 9.61. The van der Waals surface area contributed by atoms with Crippen molar-refractivity contribution in [1.82, 2.24) is 29.3 Å². The fraction of sp³-hybridized carbons (Fsp3) is 0.407. The zero-order chi connectivity index (χ0) is 24.5. The number of pyridine rings is 1. The molecule has 5 rings (SSSR count). The molecule has 4 heterocycles. The first-order valence-electron chi connectivity index (χ1n) is 12.5. The van der Waals surface area contributed by atoms with Gasteiger partial charge < -0.3 is 19.8 Å². The highest BCUT2D eigenvalue weighted by atomic mass is 19.1. The number of benzene rings is 1. The van der Waals surface area contributed by atoms with Gasteiger partial charge in [0.25, 0.3) is 0 Å². The van der Waals surface area contributed by atoms with Gasteiger partial charge in [0, 0.05) is 50.7 Å². The van der Waals surface area contributed by atoms with E-state index in [0.29, 0.717) is 11.3 Å². The molecule has 7 nitrogen and oxygen atoms in total. The van der Waals surface area contributed by atoms with Crippen LogP contribution in [0.1, 0.15) is 38.3 Å². The number of rotatable bonds is 7. The number of hydrogen-bond acceptors (Lipinski definition) is 5. The first-order chi connectivity index (χ1) is 16.9. The van der Waals surface area contributed by atoms with Crippen LogP contribution in [0.3, 0.4) is 0 Å². The van der Waals surface area contributed by atoms with Crippen molar-refractivity contribution in [3.8, 4) is 11.1 Å². The summed E-state index contributed by atoms with van der Waals surface area (Å²) in [6.07, 6.45) is 1.75. The van der Waals surface area contributed by atoms with Gasteiger partial charge in [0.2, 0.25) is 0 Å². The molecule has 0 unspecified atom stereocenters. The van der Waals surface area contributed by atoms with Crippen molar-refractivity contribution in [2.24, 2.45) is 0 Å². The lowest BCUT2D eigenvalue weighted by molar-refractivity contribution is 0.131. The molecule has 1 fully saturated rings. The predicted octanol–water partition coefficient (Wildman–Crippen LogP) is 5.34. The fourth-order valence-corrected chi connectivity index (χ4v) is 5.01. The summed E-state index contributed by atoms with van der Waals surface area (Å²) in [5, 5.41) is 3.37. The number of likely N-dealkylation sites (N-methyl/N-ethyl adjacent to an activating group) is 1. The minimum atomic E-state index is -0.305. The molecule has 1 aliphatic heterocycles. The molecule has 35 heavy (non-hydrogen) atoms. The van der Waals surface area contributed by atoms with Gasteiger partial charge in [-0.05, 0) is 74.8 Å². The molecule has 0 atom stereocenters. The van der Waals surface area contributed by atoms with E-state index in [0.717, 1.165) is 67.6 Å². The van der Waals surface area contributed by atoms with E-state index in [1.54, 1.807) is 12.3 Å². The van der Waals surface area contributed by atoms with Crippen molar-refractivity contribution >= 4 is 22.7 Å². The zero-order valence-electron chi connectivity index (χ0n) is 21.0. The number of halogens is 1. The van der Waals surface area contributed by atoms with Crippen LogP contribution in [0.4, 0.5) is 16.0 Å². The van der Waals surface area contributed by atoms with E-state index in [9.17, 15) is 4.39 Å². The molecule has 0 bridgehead atoms. The van der Waals surface area contributed by atoms with Gasteiger partial charge in [-0.15, -0.1) is 0 Å². The number of aromatic nitrogens is 4. The molecule has 184 valence electrons. The van der Waals surface area contributed by atoms with Crippen molar-refractivity contribution in [2.75, 3.05) is 38.0 Å². The van der Waals surface area contributed by atoms with Gasteiger partial charge in [-0.3, -0.25) is 4.90 Å². The zero-order valence-corrected chi connectivity index (χ0v) is 21.0. The highest BCUT2D eigenvalue weighted by molar-refractivity contribution is 5.84.